The molecule has 11 nitrogen and oxygen atoms in total. The van der Waals surface area contributed by atoms with Crippen molar-refractivity contribution in [1.29, 1.82) is 0 Å². The lowest BCUT2D eigenvalue weighted by Crippen LogP contribution is -2.54. The first kappa shape index (κ1) is 25.8. The van der Waals surface area contributed by atoms with Crippen LogP contribution in [0, 0.1) is 0 Å². The molecule has 2 atom stereocenters. The van der Waals surface area contributed by atoms with E-state index < -0.39 is 18.0 Å². The number of aromatic nitrogens is 4. The Morgan fingerprint density at radius 1 is 1.22 bits per heavy atom. The van der Waals surface area contributed by atoms with Crippen LogP contribution in [-0.2, 0) is 22.1 Å². The SMILES string of the molecule is CC1CN(C(=O)CCOCCN2c3cn[nH]c(=O)c3CCC2O)CCN1c1ncc(C(F)(F)F)cn1. The second-order valence-corrected chi connectivity index (χ2v) is 8.79. The van der Waals surface area contributed by atoms with Gasteiger partial charge in [0.2, 0.25) is 11.9 Å². The predicted molar refractivity (Wildman–Crippen MR) is 122 cm³/mol. The van der Waals surface area contributed by atoms with Gasteiger partial charge >= 0.3 is 6.18 Å². The number of aliphatic hydroxyl groups is 1. The fourth-order valence-corrected chi connectivity index (χ4v) is 4.44. The lowest BCUT2D eigenvalue weighted by molar-refractivity contribution is -0.138. The van der Waals surface area contributed by atoms with Crippen LogP contribution in [0.2, 0.25) is 0 Å². The number of halogens is 3. The maximum absolute atomic E-state index is 12.7. The number of anilines is 2. The lowest BCUT2D eigenvalue weighted by Gasteiger charge is -2.40. The summed E-state index contributed by atoms with van der Waals surface area (Å²) < 4.78 is 43.8. The number of hydrogen-bond donors (Lipinski definition) is 2. The molecule has 0 aromatic carbocycles. The van der Waals surface area contributed by atoms with E-state index in [1.165, 1.54) is 6.20 Å². The first-order valence-corrected chi connectivity index (χ1v) is 11.7. The van der Waals surface area contributed by atoms with Gasteiger partial charge in [-0.15, -0.1) is 0 Å². The van der Waals surface area contributed by atoms with E-state index in [2.05, 4.69) is 20.2 Å². The molecule has 0 spiro atoms. The fraction of sp³-hybridized carbons (Fsp3) is 0.591. The first-order valence-electron chi connectivity index (χ1n) is 11.7. The number of alkyl halides is 3. The number of carbonyl (C=O) groups is 1. The normalized spacial score (nSPS) is 20.4. The van der Waals surface area contributed by atoms with Crippen LogP contribution in [0.15, 0.2) is 23.4 Å². The molecule has 2 N–H and O–H groups in total. The molecule has 2 aliphatic heterocycles. The Balaban J connectivity index is 1.21. The van der Waals surface area contributed by atoms with Crippen LogP contribution in [0.1, 0.15) is 30.9 Å². The highest BCUT2D eigenvalue weighted by Crippen LogP contribution is 2.29. The van der Waals surface area contributed by atoms with Crippen molar-refractivity contribution in [2.24, 2.45) is 0 Å². The topological polar surface area (TPSA) is 128 Å². The molecular weight excluding hydrogens is 483 g/mol. The number of rotatable bonds is 7. The second kappa shape index (κ2) is 10.8. The van der Waals surface area contributed by atoms with E-state index in [-0.39, 0.29) is 43.1 Å². The van der Waals surface area contributed by atoms with Crippen LogP contribution in [-0.4, -0.2) is 87.7 Å². The summed E-state index contributed by atoms with van der Waals surface area (Å²) in [6.07, 6.45) is -1.12. The van der Waals surface area contributed by atoms with Crippen molar-refractivity contribution in [3.63, 3.8) is 0 Å². The van der Waals surface area contributed by atoms with Gasteiger partial charge < -0.3 is 24.5 Å². The van der Waals surface area contributed by atoms with E-state index in [0.717, 1.165) is 12.4 Å². The fourth-order valence-electron chi connectivity index (χ4n) is 4.44. The van der Waals surface area contributed by atoms with Crippen molar-refractivity contribution in [3.05, 3.63) is 40.1 Å². The summed E-state index contributed by atoms with van der Waals surface area (Å²) >= 11 is 0. The van der Waals surface area contributed by atoms with Gasteiger partial charge in [0.1, 0.15) is 6.23 Å². The van der Waals surface area contributed by atoms with Crippen molar-refractivity contribution in [3.8, 4) is 0 Å². The number of aliphatic hydroxyl groups excluding tert-OH is 1. The number of carbonyl (C=O) groups excluding carboxylic acids is 1. The first-order chi connectivity index (χ1) is 17.1. The Kier molecular flexibility index (Phi) is 7.73. The van der Waals surface area contributed by atoms with E-state index in [4.69, 9.17) is 4.74 Å². The van der Waals surface area contributed by atoms with E-state index in [0.29, 0.717) is 50.3 Å². The molecule has 4 rings (SSSR count). The quantitative estimate of drug-likeness (QED) is 0.519. The number of piperazine rings is 1. The van der Waals surface area contributed by atoms with Gasteiger partial charge in [0.15, 0.2) is 0 Å². The van der Waals surface area contributed by atoms with E-state index >= 15 is 0 Å². The number of nitrogens with one attached hydrogen (secondary N) is 1. The minimum atomic E-state index is -4.49. The van der Waals surface area contributed by atoms with Gasteiger partial charge in [-0.25, -0.2) is 15.1 Å². The summed E-state index contributed by atoms with van der Waals surface area (Å²) in [5.74, 6) is 0.110. The minimum absolute atomic E-state index is 0.0890. The number of aromatic amines is 1. The predicted octanol–water partition coefficient (Wildman–Crippen LogP) is 0.794. The van der Waals surface area contributed by atoms with Gasteiger partial charge in [-0.05, 0) is 19.8 Å². The van der Waals surface area contributed by atoms with Crippen molar-refractivity contribution < 1.29 is 27.8 Å². The summed E-state index contributed by atoms with van der Waals surface area (Å²) in [6, 6.07) is -0.169. The molecule has 14 heteroatoms. The van der Waals surface area contributed by atoms with Crippen LogP contribution in [0.5, 0.6) is 0 Å². The molecule has 1 saturated heterocycles. The van der Waals surface area contributed by atoms with E-state index in [9.17, 15) is 27.9 Å². The maximum atomic E-state index is 12.7. The van der Waals surface area contributed by atoms with Gasteiger partial charge in [0.05, 0.1) is 37.1 Å². The van der Waals surface area contributed by atoms with Crippen molar-refractivity contribution >= 4 is 17.5 Å². The zero-order chi connectivity index (χ0) is 25.9. The van der Waals surface area contributed by atoms with Gasteiger partial charge in [-0.3, -0.25) is 9.59 Å². The van der Waals surface area contributed by atoms with Crippen LogP contribution in [0.25, 0.3) is 0 Å². The van der Waals surface area contributed by atoms with Gasteiger partial charge in [0, 0.05) is 50.2 Å². The Morgan fingerprint density at radius 2 is 1.97 bits per heavy atom. The third-order valence-electron chi connectivity index (χ3n) is 6.40. The highest BCUT2D eigenvalue weighted by atomic mass is 19.4. The van der Waals surface area contributed by atoms with Crippen LogP contribution < -0.4 is 15.4 Å². The summed E-state index contributed by atoms with van der Waals surface area (Å²) in [5, 5.41) is 16.5. The maximum Gasteiger partial charge on any atom is 0.419 e. The Labute approximate surface area is 204 Å². The number of nitrogens with zero attached hydrogens (tertiary/aromatic N) is 6. The van der Waals surface area contributed by atoms with E-state index in [1.807, 2.05) is 6.92 Å². The van der Waals surface area contributed by atoms with Crippen molar-refractivity contribution in [2.75, 3.05) is 49.2 Å². The average Bonchev–Trinajstić information content (AvgIpc) is 2.84. The molecule has 2 aromatic heterocycles. The number of amides is 1. The highest BCUT2D eigenvalue weighted by molar-refractivity contribution is 5.76. The highest BCUT2D eigenvalue weighted by Gasteiger charge is 2.33. The molecule has 2 aromatic rings. The smallest absolute Gasteiger partial charge is 0.379 e. The van der Waals surface area contributed by atoms with Gasteiger partial charge in [-0.2, -0.15) is 18.3 Å². The van der Waals surface area contributed by atoms with Crippen LogP contribution in [0.4, 0.5) is 24.8 Å². The Bertz CT molecular complexity index is 1110. The molecule has 2 aliphatic rings. The standard InChI is InChI=1S/C22H28F3N7O4/c1-14-13-30(5-6-31(14)21-26-10-15(11-27-21)22(23,24)25)18(33)4-8-36-9-7-32-17-12-28-29-20(35)16(17)2-3-19(32)34/h10-12,14,19,34H,2-9,13H2,1H3,(H,29,35). The number of fused-ring (bicyclic) bond motifs is 1. The molecule has 36 heavy (non-hydrogen) atoms. The third-order valence-corrected chi connectivity index (χ3v) is 6.40. The molecule has 0 bridgehead atoms. The Hall–Kier alpha value is -3.26. The van der Waals surface area contributed by atoms with Crippen LogP contribution >= 0.6 is 0 Å². The summed E-state index contributed by atoms with van der Waals surface area (Å²) in [7, 11) is 0. The number of hydrogen-bond acceptors (Lipinski definition) is 9. The monoisotopic (exact) mass is 511 g/mol. The molecule has 0 radical (unpaired) electrons. The molecule has 0 saturated carbocycles. The van der Waals surface area contributed by atoms with Crippen molar-refractivity contribution in [1.82, 2.24) is 25.1 Å². The zero-order valence-electron chi connectivity index (χ0n) is 19.7. The Morgan fingerprint density at radius 3 is 2.67 bits per heavy atom. The van der Waals surface area contributed by atoms with Crippen LogP contribution in [0.3, 0.4) is 0 Å². The number of H-pyrrole nitrogens is 1. The molecule has 1 fully saturated rings. The number of ether oxygens (including phenoxy) is 1. The zero-order valence-corrected chi connectivity index (χ0v) is 19.7. The molecule has 2 unspecified atom stereocenters. The molecule has 196 valence electrons. The molecular formula is C22H28F3N7O4. The van der Waals surface area contributed by atoms with Gasteiger partial charge in [-0.1, -0.05) is 0 Å². The largest absolute Gasteiger partial charge is 0.419 e. The minimum Gasteiger partial charge on any atom is -0.379 e. The summed E-state index contributed by atoms with van der Waals surface area (Å²) in [5.41, 5.74) is -0.00586. The third kappa shape index (κ3) is 5.75. The van der Waals surface area contributed by atoms with E-state index in [1.54, 1.807) is 14.7 Å². The summed E-state index contributed by atoms with van der Waals surface area (Å²) in [4.78, 5) is 37.4. The molecule has 0 aliphatic carbocycles. The lowest BCUT2D eigenvalue weighted by atomic mass is 10.0. The summed E-state index contributed by atoms with van der Waals surface area (Å²) in [6.45, 7) is 3.84. The average molecular weight is 512 g/mol. The second-order valence-electron chi connectivity index (χ2n) is 8.79. The molecule has 4 heterocycles. The van der Waals surface area contributed by atoms with Crippen molar-refractivity contribution in [2.45, 2.75) is 44.6 Å². The molecule has 1 amide bonds. The van der Waals surface area contributed by atoms with Gasteiger partial charge in [0.25, 0.3) is 5.56 Å².